The summed E-state index contributed by atoms with van der Waals surface area (Å²) >= 11 is 0. The van der Waals surface area contributed by atoms with Crippen LogP contribution in [0.5, 0.6) is 5.75 Å². The molecule has 0 aliphatic carbocycles. The summed E-state index contributed by atoms with van der Waals surface area (Å²) in [6, 6.07) is 13.0. The van der Waals surface area contributed by atoms with E-state index in [1.807, 2.05) is 41.9 Å². The van der Waals surface area contributed by atoms with Crippen LogP contribution in [0.25, 0.3) is 0 Å². The molecule has 1 N–H and O–H groups in total. The van der Waals surface area contributed by atoms with Crippen LogP contribution in [0, 0.1) is 0 Å². The SMILES string of the molecule is CCc1cc(C(=O)N2CCC(n3nccc3NC(=O)CCOc3ccccc3)CC2)no1. The zero-order valence-corrected chi connectivity index (χ0v) is 18.1. The van der Waals surface area contributed by atoms with Crippen LogP contribution in [0.3, 0.4) is 0 Å². The van der Waals surface area contributed by atoms with E-state index in [1.165, 1.54) is 0 Å². The second-order valence-electron chi connectivity index (χ2n) is 7.68. The van der Waals surface area contributed by atoms with Crippen LogP contribution in [0.2, 0.25) is 0 Å². The highest BCUT2D eigenvalue weighted by molar-refractivity contribution is 5.92. The Kier molecular flexibility index (Phi) is 6.84. The van der Waals surface area contributed by atoms with Crippen LogP contribution in [0.15, 0.2) is 53.2 Å². The Labute approximate surface area is 186 Å². The van der Waals surface area contributed by atoms with Gasteiger partial charge < -0.3 is 19.5 Å². The van der Waals surface area contributed by atoms with Gasteiger partial charge in [0.15, 0.2) is 5.69 Å². The van der Waals surface area contributed by atoms with Gasteiger partial charge >= 0.3 is 0 Å². The smallest absolute Gasteiger partial charge is 0.276 e. The van der Waals surface area contributed by atoms with Gasteiger partial charge in [-0.1, -0.05) is 30.3 Å². The molecule has 0 spiro atoms. The lowest BCUT2D eigenvalue weighted by atomic mass is 10.0. The molecule has 1 saturated heterocycles. The lowest BCUT2D eigenvalue weighted by Gasteiger charge is -2.32. The molecule has 0 radical (unpaired) electrons. The number of benzene rings is 1. The first-order valence-corrected chi connectivity index (χ1v) is 10.9. The molecule has 0 atom stereocenters. The first-order chi connectivity index (χ1) is 15.6. The Morgan fingerprint density at radius 3 is 2.69 bits per heavy atom. The van der Waals surface area contributed by atoms with Crippen LogP contribution in [0.4, 0.5) is 5.82 Å². The summed E-state index contributed by atoms with van der Waals surface area (Å²) in [4.78, 5) is 26.8. The third-order valence-electron chi connectivity index (χ3n) is 5.50. The predicted octanol–water partition coefficient (Wildman–Crippen LogP) is 3.32. The summed E-state index contributed by atoms with van der Waals surface area (Å²) in [5, 5.41) is 11.2. The molecule has 1 fully saturated rings. The number of ether oxygens (including phenoxy) is 1. The Morgan fingerprint density at radius 1 is 1.19 bits per heavy atom. The molecule has 1 aliphatic rings. The summed E-state index contributed by atoms with van der Waals surface area (Å²) in [6.07, 6.45) is 4.10. The third kappa shape index (κ3) is 5.16. The molecular weight excluding hydrogens is 410 g/mol. The van der Waals surface area contributed by atoms with E-state index in [0.29, 0.717) is 43.4 Å². The minimum absolute atomic E-state index is 0.105. The number of nitrogens with zero attached hydrogens (tertiary/aromatic N) is 4. The molecule has 2 amide bonds. The predicted molar refractivity (Wildman–Crippen MR) is 117 cm³/mol. The number of amides is 2. The molecule has 3 aromatic rings. The van der Waals surface area contributed by atoms with E-state index in [1.54, 1.807) is 23.2 Å². The quantitative estimate of drug-likeness (QED) is 0.580. The van der Waals surface area contributed by atoms with Crippen molar-refractivity contribution in [2.45, 2.75) is 38.6 Å². The number of aryl methyl sites for hydroxylation is 1. The van der Waals surface area contributed by atoms with Gasteiger partial charge in [0.25, 0.3) is 5.91 Å². The highest BCUT2D eigenvalue weighted by Gasteiger charge is 2.27. The molecule has 9 heteroatoms. The number of nitrogens with one attached hydrogen (secondary N) is 1. The summed E-state index contributed by atoms with van der Waals surface area (Å²) in [5.41, 5.74) is 0.352. The van der Waals surface area contributed by atoms with Crippen molar-refractivity contribution in [3.8, 4) is 5.75 Å². The standard InChI is InChI=1S/C23H27N5O4/c1-2-18-16-20(26-32-18)23(30)27-13-9-17(10-14-27)28-21(8-12-24-28)25-22(29)11-15-31-19-6-4-3-5-7-19/h3-8,12,16-17H,2,9-11,13-15H2,1H3,(H,25,29). The number of hydrogen-bond donors (Lipinski definition) is 1. The fourth-order valence-corrected chi connectivity index (χ4v) is 3.74. The fourth-order valence-electron chi connectivity index (χ4n) is 3.74. The third-order valence-corrected chi connectivity index (χ3v) is 5.50. The van der Waals surface area contributed by atoms with Crippen molar-refractivity contribution in [3.63, 3.8) is 0 Å². The van der Waals surface area contributed by atoms with Gasteiger partial charge in [-0.05, 0) is 25.0 Å². The highest BCUT2D eigenvalue weighted by Crippen LogP contribution is 2.26. The molecule has 32 heavy (non-hydrogen) atoms. The van der Waals surface area contributed by atoms with E-state index >= 15 is 0 Å². The average molecular weight is 438 g/mol. The van der Waals surface area contributed by atoms with Crippen molar-refractivity contribution in [3.05, 3.63) is 60.1 Å². The van der Waals surface area contributed by atoms with Gasteiger partial charge in [-0.25, -0.2) is 4.68 Å². The van der Waals surface area contributed by atoms with E-state index in [9.17, 15) is 9.59 Å². The molecule has 2 aromatic heterocycles. The number of rotatable bonds is 8. The monoisotopic (exact) mass is 437 g/mol. The van der Waals surface area contributed by atoms with Crippen molar-refractivity contribution < 1.29 is 18.8 Å². The number of anilines is 1. The zero-order chi connectivity index (χ0) is 22.3. The van der Waals surface area contributed by atoms with E-state index in [0.717, 1.165) is 18.6 Å². The maximum absolute atomic E-state index is 12.6. The van der Waals surface area contributed by atoms with Gasteiger partial charge in [-0.3, -0.25) is 9.59 Å². The van der Waals surface area contributed by atoms with Crippen LogP contribution < -0.4 is 10.1 Å². The highest BCUT2D eigenvalue weighted by atomic mass is 16.5. The second kappa shape index (κ2) is 10.1. The summed E-state index contributed by atoms with van der Waals surface area (Å²) in [7, 11) is 0. The Hall–Kier alpha value is -3.62. The summed E-state index contributed by atoms with van der Waals surface area (Å²) in [5.74, 6) is 1.86. The average Bonchev–Trinajstić information content (AvgIpc) is 3.49. The number of carbonyl (C=O) groups is 2. The van der Waals surface area contributed by atoms with E-state index in [-0.39, 0.29) is 24.3 Å². The molecule has 168 valence electrons. The first-order valence-electron chi connectivity index (χ1n) is 10.9. The first kappa shape index (κ1) is 21.6. The van der Waals surface area contributed by atoms with Gasteiger partial charge in [0.05, 0.1) is 25.3 Å². The van der Waals surface area contributed by atoms with Crippen LogP contribution >= 0.6 is 0 Å². The van der Waals surface area contributed by atoms with E-state index < -0.39 is 0 Å². The number of aromatic nitrogens is 3. The molecule has 0 unspecified atom stereocenters. The van der Waals surface area contributed by atoms with Crippen molar-refractivity contribution >= 4 is 17.6 Å². The lowest BCUT2D eigenvalue weighted by molar-refractivity contribution is -0.116. The minimum Gasteiger partial charge on any atom is -0.493 e. The maximum atomic E-state index is 12.6. The second-order valence-corrected chi connectivity index (χ2v) is 7.68. The number of likely N-dealkylation sites (tertiary alicyclic amines) is 1. The molecule has 9 nitrogen and oxygen atoms in total. The lowest BCUT2D eigenvalue weighted by Crippen LogP contribution is -2.39. The molecule has 1 aromatic carbocycles. The molecule has 1 aliphatic heterocycles. The van der Waals surface area contributed by atoms with E-state index in [4.69, 9.17) is 9.26 Å². The zero-order valence-electron chi connectivity index (χ0n) is 18.1. The van der Waals surface area contributed by atoms with Crippen LogP contribution in [-0.4, -0.2) is 51.3 Å². The molecule has 3 heterocycles. The molecule has 0 bridgehead atoms. The summed E-state index contributed by atoms with van der Waals surface area (Å²) in [6.45, 7) is 3.44. The van der Waals surface area contributed by atoms with Gasteiger partial charge in [-0.15, -0.1) is 0 Å². The Bertz CT molecular complexity index is 1040. The minimum atomic E-state index is -0.131. The Morgan fingerprint density at radius 2 is 1.97 bits per heavy atom. The fraction of sp³-hybridized carbons (Fsp3) is 0.391. The number of hydrogen-bond acceptors (Lipinski definition) is 6. The van der Waals surface area contributed by atoms with Gasteiger partial charge in [0.1, 0.15) is 17.3 Å². The maximum Gasteiger partial charge on any atom is 0.276 e. The van der Waals surface area contributed by atoms with Gasteiger partial charge in [-0.2, -0.15) is 5.10 Å². The van der Waals surface area contributed by atoms with Crippen molar-refractivity contribution in [1.82, 2.24) is 19.8 Å². The topological polar surface area (TPSA) is 102 Å². The normalized spacial score (nSPS) is 14.3. The number of carbonyl (C=O) groups excluding carboxylic acids is 2. The molecule has 0 saturated carbocycles. The largest absolute Gasteiger partial charge is 0.493 e. The number of para-hydroxylation sites is 1. The summed E-state index contributed by atoms with van der Waals surface area (Å²) < 4.78 is 12.6. The number of piperidine rings is 1. The van der Waals surface area contributed by atoms with Crippen LogP contribution in [-0.2, 0) is 11.2 Å². The van der Waals surface area contributed by atoms with Crippen molar-refractivity contribution in [2.75, 3.05) is 25.0 Å². The van der Waals surface area contributed by atoms with Crippen molar-refractivity contribution in [2.24, 2.45) is 0 Å². The molecule has 4 rings (SSSR count). The van der Waals surface area contributed by atoms with Crippen LogP contribution in [0.1, 0.15) is 48.5 Å². The Balaban J connectivity index is 1.27. The van der Waals surface area contributed by atoms with Gasteiger partial charge in [0.2, 0.25) is 5.91 Å². The van der Waals surface area contributed by atoms with E-state index in [2.05, 4.69) is 15.6 Å². The molecular formula is C23H27N5O4. The van der Waals surface area contributed by atoms with Gasteiger partial charge in [0, 0.05) is 31.6 Å². The van der Waals surface area contributed by atoms with Crippen molar-refractivity contribution in [1.29, 1.82) is 0 Å².